The van der Waals surface area contributed by atoms with Crippen molar-refractivity contribution in [1.29, 1.82) is 0 Å². The van der Waals surface area contributed by atoms with Gasteiger partial charge in [0.25, 0.3) is 0 Å². The minimum atomic E-state index is 0.687. The Morgan fingerprint density at radius 1 is 0.462 bits per heavy atom. The minimum Gasteiger partial charge on any atom is -0.278 e. The second-order valence-electron chi connectivity index (χ2n) is 10.3. The highest BCUT2D eigenvalue weighted by atomic mass is 15.2. The van der Waals surface area contributed by atoms with Crippen LogP contribution in [0.1, 0.15) is 0 Å². The molecule has 0 radical (unpaired) electrons. The van der Waals surface area contributed by atoms with Gasteiger partial charge in [0.2, 0.25) is 5.95 Å². The van der Waals surface area contributed by atoms with Crippen molar-refractivity contribution in [3.05, 3.63) is 128 Å². The Hall–Kier alpha value is -5.28. The Balaban J connectivity index is 1.47. The molecule has 0 N–H and O–H groups in total. The van der Waals surface area contributed by atoms with Crippen molar-refractivity contribution < 1.29 is 0 Å². The summed E-state index contributed by atoms with van der Waals surface area (Å²) in [5, 5.41) is 6.00. The van der Waals surface area contributed by atoms with E-state index in [0.717, 1.165) is 21.9 Å². The summed E-state index contributed by atoms with van der Waals surface area (Å²) in [6.07, 6.45) is 1.93. The molecule has 0 fully saturated rings. The average molecular weight is 496 g/mol. The van der Waals surface area contributed by atoms with E-state index in [2.05, 4.69) is 114 Å². The van der Waals surface area contributed by atoms with Gasteiger partial charge in [0.1, 0.15) is 0 Å². The van der Waals surface area contributed by atoms with E-state index in [9.17, 15) is 0 Å². The van der Waals surface area contributed by atoms with Gasteiger partial charge in [-0.2, -0.15) is 0 Å². The van der Waals surface area contributed by atoms with Gasteiger partial charge in [0.05, 0.1) is 16.6 Å². The van der Waals surface area contributed by atoms with Crippen LogP contribution in [0.25, 0.3) is 82.8 Å². The first-order valence-electron chi connectivity index (χ1n) is 13.3. The Kier molecular flexibility index (Phi) is 4.05. The highest BCUT2D eigenvalue weighted by Gasteiger charge is 2.24. The van der Waals surface area contributed by atoms with Gasteiger partial charge in [-0.3, -0.25) is 4.57 Å². The van der Waals surface area contributed by atoms with Gasteiger partial charge in [-0.15, -0.1) is 0 Å². The second kappa shape index (κ2) is 7.62. The van der Waals surface area contributed by atoms with Crippen LogP contribution in [0.4, 0.5) is 0 Å². The Labute approximate surface area is 224 Å². The normalized spacial score (nSPS) is 12.1. The third-order valence-corrected chi connectivity index (χ3v) is 8.19. The van der Waals surface area contributed by atoms with Crippen LogP contribution in [0.15, 0.2) is 128 Å². The van der Waals surface area contributed by atoms with Crippen LogP contribution < -0.4 is 0 Å². The smallest absolute Gasteiger partial charge is 0.235 e. The van der Waals surface area contributed by atoms with Crippen LogP contribution >= 0.6 is 0 Å². The van der Waals surface area contributed by atoms with Crippen molar-refractivity contribution in [2.75, 3.05) is 0 Å². The summed E-state index contributed by atoms with van der Waals surface area (Å²) in [7, 11) is 0. The lowest BCUT2D eigenvalue weighted by Crippen LogP contribution is -2.01. The van der Waals surface area contributed by atoms with Gasteiger partial charge in [-0.1, -0.05) is 97.1 Å². The molecule has 6 aromatic carbocycles. The first-order chi connectivity index (χ1) is 19.3. The highest BCUT2D eigenvalue weighted by Crippen LogP contribution is 2.49. The number of benzene rings is 6. The third-order valence-electron chi connectivity index (χ3n) is 8.19. The molecule has 0 bridgehead atoms. The monoisotopic (exact) mass is 495 g/mol. The second-order valence-corrected chi connectivity index (χ2v) is 10.3. The van der Waals surface area contributed by atoms with E-state index >= 15 is 0 Å². The molecule has 1 aliphatic rings. The lowest BCUT2D eigenvalue weighted by molar-refractivity contribution is 1.01. The number of hydrogen-bond donors (Lipinski definition) is 0. The molecule has 8 aromatic rings. The van der Waals surface area contributed by atoms with Gasteiger partial charge in [-0.25, -0.2) is 9.97 Å². The number of para-hydroxylation sites is 2. The first-order valence-corrected chi connectivity index (χ1v) is 13.3. The number of nitrogens with zero attached hydrogens (tertiary/aromatic N) is 3. The van der Waals surface area contributed by atoms with Gasteiger partial charge in [-0.05, 0) is 68.4 Å². The van der Waals surface area contributed by atoms with Crippen LogP contribution in [0, 0.1) is 0 Å². The minimum absolute atomic E-state index is 0.687. The van der Waals surface area contributed by atoms with Crippen LogP contribution in [-0.4, -0.2) is 14.5 Å². The van der Waals surface area contributed by atoms with Gasteiger partial charge in [0.15, 0.2) is 0 Å². The maximum atomic E-state index is 5.01. The molecule has 0 aliphatic heterocycles. The average Bonchev–Trinajstić information content (AvgIpc) is 3.27. The molecule has 180 valence electrons. The summed E-state index contributed by atoms with van der Waals surface area (Å²) in [6.45, 7) is 0. The van der Waals surface area contributed by atoms with Crippen LogP contribution in [-0.2, 0) is 0 Å². The van der Waals surface area contributed by atoms with Crippen molar-refractivity contribution in [2.45, 2.75) is 0 Å². The van der Waals surface area contributed by atoms with Gasteiger partial charge < -0.3 is 0 Å². The molecule has 0 saturated carbocycles. The molecule has 9 rings (SSSR count). The predicted octanol–water partition coefficient (Wildman–Crippen LogP) is 9.19. The van der Waals surface area contributed by atoms with Gasteiger partial charge >= 0.3 is 0 Å². The van der Waals surface area contributed by atoms with Crippen molar-refractivity contribution in [1.82, 2.24) is 14.5 Å². The van der Waals surface area contributed by atoms with E-state index in [1.54, 1.807) is 0 Å². The molecule has 0 atom stereocenters. The molecule has 2 heterocycles. The van der Waals surface area contributed by atoms with Crippen molar-refractivity contribution in [3.63, 3.8) is 0 Å². The van der Waals surface area contributed by atoms with Crippen LogP contribution in [0.3, 0.4) is 0 Å². The zero-order chi connectivity index (χ0) is 25.5. The van der Waals surface area contributed by atoms with E-state index in [0.29, 0.717) is 5.95 Å². The molecule has 3 nitrogen and oxygen atoms in total. The summed E-state index contributed by atoms with van der Waals surface area (Å²) in [4.78, 5) is 9.85. The molecular weight excluding hydrogens is 474 g/mol. The lowest BCUT2D eigenvalue weighted by atomic mass is 9.92. The molecule has 1 aliphatic carbocycles. The molecule has 0 spiro atoms. The van der Waals surface area contributed by atoms with Crippen molar-refractivity contribution in [2.24, 2.45) is 0 Å². The molecule has 39 heavy (non-hydrogen) atoms. The maximum Gasteiger partial charge on any atom is 0.235 e. The van der Waals surface area contributed by atoms with Crippen molar-refractivity contribution in [3.8, 4) is 39.3 Å². The standard InChI is InChI=1S/C36H21N3/c1-5-17-32-23(9-1)21-37-36(38-32)39-33-18-6-4-14-26(33)31-19-29-25-13-3-2-12-24(25)27-15-7-10-22-11-8-16-28(35(22)27)30(29)20-34(31)39/h1-21H. The molecule has 0 unspecified atom stereocenters. The lowest BCUT2D eigenvalue weighted by Gasteiger charge is -2.13. The molecular formula is C36H21N3. The Morgan fingerprint density at radius 3 is 1.97 bits per heavy atom. The highest BCUT2D eigenvalue weighted by molar-refractivity contribution is 6.18. The van der Waals surface area contributed by atoms with Gasteiger partial charge in [0, 0.05) is 22.4 Å². The summed E-state index contributed by atoms with van der Waals surface area (Å²) < 4.78 is 2.22. The summed E-state index contributed by atoms with van der Waals surface area (Å²) in [6, 6.07) is 43.6. The zero-order valence-electron chi connectivity index (χ0n) is 21.0. The van der Waals surface area contributed by atoms with Crippen molar-refractivity contribution >= 4 is 43.5 Å². The van der Waals surface area contributed by atoms with E-state index in [4.69, 9.17) is 9.97 Å². The van der Waals surface area contributed by atoms with Crippen LogP contribution in [0.2, 0.25) is 0 Å². The summed E-state index contributed by atoms with van der Waals surface area (Å²) in [5.74, 6) is 0.687. The predicted molar refractivity (Wildman–Crippen MR) is 161 cm³/mol. The number of fused-ring (bicyclic) bond motifs is 9. The van der Waals surface area contributed by atoms with E-state index in [-0.39, 0.29) is 0 Å². The molecule has 0 amide bonds. The van der Waals surface area contributed by atoms with E-state index in [1.165, 1.54) is 54.9 Å². The zero-order valence-corrected chi connectivity index (χ0v) is 21.0. The summed E-state index contributed by atoms with van der Waals surface area (Å²) in [5.41, 5.74) is 10.7. The number of hydrogen-bond acceptors (Lipinski definition) is 2. The Bertz CT molecular complexity index is 2290. The maximum absolute atomic E-state index is 5.01. The summed E-state index contributed by atoms with van der Waals surface area (Å²) >= 11 is 0. The SMILES string of the molecule is c1ccc2c(c1)-c1cc3c4ccccc4n(-c4ncc5ccccc5n4)c3cc1-c1cccc3cccc-2c13. The number of rotatable bonds is 1. The fourth-order valence-electron chi connectivity index (χ4n) is 6.49. The first kappa shape index (κ1) is 20.7. The fourth-order valence-corrected chi connectivity index (χ4v) is 6.49. The Morgan fingerprint density at radius 2 is 1.10 bits per heavy atom. The van der Waals surface area contributed by atoms with E-state index in [1.807, 2.05) is 18.3 Å². The topological polar surface area (TPSA) is 30.7 Å². The van der Waals surface area contributed by atoms with E-state index < -0.39 is 0 Å². The third kappa shape index (κ3) is 2.82. The quantitative estimate of drug-likeness (QED) is 0.227. The number of aromatic nitrogens is 3. The largest absolute Gasteiger partial charge is 0.278 e. The van der Waals surface area contributed by atoms with Crippen LogP contribution in [0.5, 0.6) is 0 Å². The fraction of sp³-hybridized carbons (Fsp3) is 0. The molecule has 0 saturated heterocycles. The molecule has 3 heteroatoms. The molecule has 2 aromatic heterocycles.